The smallest absolute Gasteiger partial charge is 0.130 e. The van der Waals surface area contributed by atoms with E-state index in [0.29, 0.717) is 23.0 Å². The van der Waals surface area contributed by atoms with Crippen molar-refractivity contribution in [3.8, 4) is 0 Å². The van der Waals surface area contributed by atoms with Crippen molar-refractivity contribution >= 4 is 15.9 Å². The Morgan fingerprint density at radius 1 is 0.852 bits per heavy atom. The Morgan fingerprint density at radius 2 is 1.41 bits per heavy atom. The SMILES string of the molecule is OC(CCN(Cc1ccccc1)Cc1ccccc1)c1ccc(Br)cc1F. The van der Waals surface area contributed by atoms with Crippen LogP contribution < -0.4 is 0 Å². The average molecular weight is 428 g/mol. The minimum absolute atomic E-state index is 0.345. The van der Waals surface area contributed by atoms with Gasteiger partial charge in [-0.1, -0.05) is 82.7 Å². The predicted octanol–water partition coefficient (Wildman–Crippen LogP) is 5.71. The fourth-order valence-corrected chi connectivity index (χ4v) is 3.46. The summed E-state index contributed by atoms with van der Waals surface area (Å²) in [5.41, 5.74) is 2.79. The molecule has 2 nitrogen and oxygen atoms in total. The van der Waals surface area contributed by atoms with Crippen LogP contribution in [0.3, 0.4) is 0 Å². The number of benzene rings is 3. The molecule has 0 saturated carbocycles. The van der Waals surface area contributed by atoms with Crippen molar-refractivity contribution in [3.63, 3.8) is 0 Å². The third-order valence-electron chi connectivity index (χ3n) is 4.54. The first-order valence-electron chi connectivity index (χ1n) is 9.05. The summed E-state index contributed by atoms with van der Waals surface area (Å²) in [4.78, 5) is 2.28. The molecule has 1 unspecified atom stereocenters. The summed E-state index contributed by atoms with van der Waals surface area (Å²) in [6.45, 7) is 2.23. The first-order valence-corrected chi connectivity index (χ1v) is 9.84. The van der Waals surface area contributed by atoms with Gasteiger partial charge in [0.15, 0.2) is 0 Å². The lowest BCUT2D eigenvalue weighted by Gasteiger charge is -2.24. The van der Waals surface area contributed by atoms with E-state index in [2.05, 4.69) is 45.1 Å². The summed E-state index contributed by atoms with van der Waals surface area (Å²) < 4.78 is 14.8. The van der Waals surface area contributed by atoms with Gasteiger partial charge in [-0.15, -0.1) is 0 Å². The second kappa shape index (κ2) is 9.79. The fraction of sp³-hybridized carbons (Fsp3) is 0.217. The van der Waals surface area contributed by atoms with Gasteiger partial charge < -0.3 is 5.11 Å². The molecule has 0 aliphatic rings. The van der Waals surface area contributed by atoms with Crippen molar-refractivity contribution in [2.24, 2.45) is 0 Å². The maximum Gasteiger partial charge on any atom is 0.130 e. The van der Waals surface area contributed by atoms with Gasteiger partial charge in [0.2, 0.25) is 0 Å². The number of rotatable bonds is 8. The maximum atomic E-state index is 14.1. The molecular formula is C23H23BrFNO. The molecule has 0 radical (unpaired) electrons. The highest BCUT2D eigenvalue weighted by atomic mass is 79.9. The van der Waals surface area contributed by atoms with Crippen LogP contribution in [0, 0.1) is 5.82 Å². The van der Waals surface area contributed by atoms with Crippen molar-refractivity contribution in [1.29, 1.82) is 0 Å². The van der Waals surface area contributed by atoms with Gasteiger partial charge in [-0.2, -0.15) is 0 Å². The second-order valence-corrected chi connectivity index (χ2v) is 7.57. The van der Waals surface area contributed by atoms with E-state index < -0.39 is 6.10 Å². The Balaban J connectivity index is 1.68. The highest BCUT2D eigenvalue weighted by Gasteiger charge is 2.15. The van der Waals surface area contributed by atoms with Gasteiger partial charge in [0.05, 0.1) is 6.10 Å². The summed E-state index contributed by atoms with van der Waals surface area (Å²) in [6.07, 6.45) is -0.356. The molecule has 0 aliphatic carbocycles. The van der Waals surface area contributed by atoms with E-state index >= 15 is 0 Å². The van der Waals surface area contributed by atoms with Gasteiger partial charge in [-0.05, 0) is 29.7 Å². The largest absolute Gasteiger partial charge is 0.388 e. The molecule has 0 spiro atoms. The number of hydrogen-bond acceptors (Lipinski definition) is 2. The Labute approximate surface area is 168 Å². The molecule has 0 fully saturated rings. The zero-order valence-electron chi connectivity index (χ0n) is 15.1. The molecule has 0 bridgehead atoms. The van der Waals surface area contributed by atoms with Crippen molar-refractivity contribution < 1.29 is 9.50 Å². The lowest BCUT2D eigenvalue weighted by molar-refractivity contribution is 0.133. The molecule has 4 heteroatoms. The molecule has 1 atom stereocenters. The van der Waals surface area contributed by atoms with E-state index in [9.17, 15) is 9.50 Å². The molecule has 3 aromatic rings. The van der Waals surface area contributed by atoms with Crippen molar-refractivity contribution in [2.45, 2.75) is 25.6 Å². The van der Waals surface area contributed by atoms with Crippen LogP contribution in [0.1, 0.15) is 29.2 Å². The lowest BCUT2D eigenvalue weighted by atomic mass is 10.1. The van der Waals surface area contributed by atoms with Crippen LogP contribution >= 0.6 is 15.9 Å². The molecule has 0 heterocycles. The average Bonchev–Trinajstić information content (AvgIpc) is 2.67. The second-order valence-electron chi connectivity index (χ2n) is 6.65. The van der Waals surface area contributed by atoms with E-state index in [1.165, 1.54) is 17.2 Å². The summed E-state index contributed by atoms with van der Waals surface area (Å²) in [5, 5.41) is 10.5. The van der Waals surface area contributed by atoms with Crippen molar-refractivity contribution in [2.75, 3.05) is 6.54 Å². The molecule has 27 heavy (non-hydrogen) atoms. The molecule has 1 N–H and O–H groups in total. The topological polar surface area (TPSA) is 23.5 Å². The first-order chi connectivity index (χ1) is 13.1. The number of aliphatic hydroxyl groups is 1. The molecule has 0 aromatic heterocycles. The molecule has 3 aromatic carbocycles. The van der Waals surface area contributed by atoms with E-state index in [4.69, 9.17) is 0 Å². The van der Waals surface area contributed by atoms with Gasteiger partial charge in [-0.25, -0.2) is 4.39 Å². The summed E-state index contributed by atoms with van der Waals surface area (Å²) in [7, 11) is 0. The third-order valence-corrected chi connectivity index (χ3v) is 5.03. The minimum Gasteiger partial charge on any atom is -0.388 e. The quantitative estimate of drug-likeness (QED) is 0.497. The zero-order chi connectivity index (χ0) is 19.1. The highest BCUT2D eigenvalue weighted by molar-refractivity contribution is 9.10. The van der Waals surface area contributed by atoms with Crippen molar-refractivity contribution in [3.05, 3.63) is 106 Å². The van der Waals surface area contributed by atoms with E-state index in [1.807, 2.05) is 36.4 Å². The summed E-state index contributed by atoms with van der Waals surface area (Å²) >= 11 is 3.25. The van der Waals surface area contributed by atoms with Gasteiger partial charge in [0, 0.05) is 29.7 Å². The monoisotopic (exact) mass is 427 g/mol. The Hall–Kier alpha value is -2.01. The fourth-order valence-electron chi connectivity index (χ4n) is 3.13. The first kappa shape index (κ1) is 19.7. The predicted molar refractivity (Wildman–Crippen MR) is 111 cm³/mol. The summed E-state index contributed by atoms with van der Waals surface area (Å²) in [6, 6.07) is 25.3. The lowest BCUT2D eigenvalue weighted by Crippen LogP contribution is -2.25. The highest BCUT2D eigenvalue weighted by Crippen LogP contribution is 2.24. The molecule has 140 valence electrons. The van der Waals surface area contributed by atoms with E-state index in [1.54, 1.807) is 12.1 Å². The van der Waals surface area contributed by atoms with E-state index in [0.717, 1.165) is 13.1 Å². The van der Waals surface area contributed by atoms with Crippen LogP contribution in [0.25, 0.3) is 0 Å². The van der Waals surface area contributed by atoms with Crippen molar-refractivity contribution in [1.82, 2.24) is 4.90 Å². The van der Waals surface area contributed by atoms with Crippen LogP contribution in [0.2, 0.25) is 0 Å². The summed E-state index contributed by atoms with van der Waals surface area (Å²) in [5.74, 6) is -0.380. The molecule has 0 saturated heterocycles. The zero-order valence-corrected chi connectivity index (χ0v) is 16.6. The molecule has 0 aliphatic heterocycles. The van der Waals surface area contributed by atoms with Crippen LogP contribution in [0.15, 0.2) is 83.3 Å². The Morgan fingerprint density at radius 3 is 1.93 bits per heavy atom. The van der Waals surface area contributed by atoms with Gasteiger partial charge in [-0.3, -0.25) is 4.90 Å². The van der Waals surface area contributed by atoms with Crippen LogP contribution in [-0.4, -0.2) is 16.6 Å². The molecule has 3 rings (SSSR count). The number of nitrogens with zero attached hydrogens (tertiary/aromatic N) is 1. The van der Waals surface area contributed by atoms with Crippen LogP contribution in [-0.2, 0) is 13.1 Å². The standard InChI is InChI=1S/C23H23BrFNO/c24-20-11-12-21(22(25)15-20)23(27)13-14-26(16-18-7-3-1-4-8-18)17-19-9-5-2-6-10-19/h1-12,15,23,27H,13-14,16-17H2. The maximum absolute atomic E-state index is 14.1. The molecule has 0 amide bonds. The third kappa shape index (κ3) is 5.99. The Kier molecular flexibility index (Phi) is 7.16. The number of aliphatic hydroxyl groups excluding tert-OH is 1. The number of halogens is 2. The minimum atomic E-state index is -0.827. The van der Waals surface area contributed by atoms with Gasteiger partial charge >= 0.3 is 0 Å². The van der Waals surface area contributed by atoms with E-state index in [-0.39, 0.29) is 5.82 Å². The van der Waals surface area contributed by atoms with Gasteiger partial charge in [0.1, 0.15) is 5.82 Å². The van der Waals surface area contributed by atoms with Crippen LogP contribution in [0.5, 0.6) is 0 Å². The molecular weight excluding hydrogens is 405 g/mol. The number of hydrogen-bond donors (Lipinski definition) is 1. The normalized spacial score (nSPS) is 12.3. The Bertz CT molecular complexity index is 800. The van der Waals surface area contributed by atoms with Crippen LogP contribution in [0.4, 0.5) is 4.39 Å². The van der Waals surface area contributed by atoms with Gasteiger partial charge in [0.25, 0.3) is 0 Å².